The average molecular weight is 467 g/mol. The van der Waals surface area contributed by atoms with Crippen LogP contribution in [0.4, 0.5) is 0 Å². The highest BCUT2D eigenvalue weighted by molar-refractivity contribution is 5.94. The van der Waals surface area contributed by atoms with Crippen LogP contribution >= 0.6 is 0 Å². The van der Waals surface area contributed by atoms with Gasteiger partial charge in [-0.3, -0.25) is 9.69 Å². The van der Waals surface area contributed by atoms with Crippen LogP contribution in [0.25, 0.3) is 16.9 Å². The molecule has 6 heteroatoms. The molecule has 1 aliphatic rings. The molecule has 0 atom stereocenters. The minimum atomic E-state index is 0.0122. The number of ether oxygens (including phenoxy) is 1. The molecule has 1 aromatic heterocycles. The molecule has 0 saturated carbocycles. The van der Waals surface area contributed by atoms with Crippen molar-refractivity contribution in [2.75, 3.05) is 33.3 Å². The maximum absolute atomic E-state index is 13.7. The number of aromatic nitrogens is 2. The Morgan fingerprint density at radius 3 is 2.31 bits per heavy atom. The monoisotopic (exact) mass is 466 g/mol. The summed E-state index contributed by atoms with van der Waals surface area (Å²) >= 11 is 0. The van der Waals surface area contributed by atoms with Gasteiger partial charge in [-0.1, -0.05) is 42.5 Å². The fourth-order valence-corrected chi connectivity index (χ4v) is 4.51. The normalized spacial score (nSPS) is 14.2. The standard InChI is InChI=1S/C29H30N4O2/c1-22-7-6-10-25(19-22)33-28(20-27(30-33)24-11-13-26(35-2)14-12-24)29(34)32-17-15-31(16-18-32)21-23-8-4-3-5-9-23/h3-14,19-20H,15-18,21H2,1-2H3. The molecule has 0 radical (unpaired) electrons. The molecule has 35 heavy (non-hydrogen) atoms. The Labute approximate surface area is 206 Å². The molecule has 0 spiro atoms. The first kappa shape index (κ1) is 22.9. The molecule has 3 aromatic carbocycles. The Kier molecular flexibility index (Phi) is 6.64. The van der Waals surface area contributed by atoms with Gasteiger partial charge in [0.1, 0.15) is 11.4 Å². The van der Waals surface area contributed by atoms with E-state index in [0.29, 0.717) is 18.8 Å². The molecule has 0 N–H and O–H groups in total. The van der Waals surface area contributed by atoms with Crippen molar-refractivity contribution in [1.82, 2.24) is 19.6 Å². The summed E-state index contributed by atoms with van der Waals surface area (Å²) in [7, 11) is 1.65. The fourth-order valence-electron chi connectivity index (χ4n) is 4.51. The molecule has 0 aliphatic carbocycles. The number of carbonyl (C=O) groups is 1. The van der Waals surface area contributed by atoms with E-state index in [4.69, 9.17) is 9.84 Å². The van der Waals surface area contributed by atoms with Gasteiger partial charge in [-0.25, -0.2) is 4.68 Å². The molecule has 5 rings (SSSR count). The molecule has 2 heterocycles. The fraction of sp³-hybridized carbons (Fsp3) is 0.241. The molecular weight excluding hydrogens is 436 g/mol. The van der Waals surface area contributed by atoms with Crippen molar-refractivity contribution >= 4 is 5.91 Å². The summed E-state index contributed by atoms with van der Waals surface area (Å²) in [4.78, 5) is 18.1. The van der Waals surface area contributed by atoms with Gasteiger partial charge in [0.25, 0.3) is 5.91 Å². The first-order chi connectivity index (χ1) is 17.1. The summed E-state index contributed by atoms with van der Waals surface area (Å²) < 4.78 is 7.07. The van der Waals surface area contributed by atoms with E-state index in [1.807, 2.05) is 66.4 Å². The zero-order valence-electron chi connectivity index (χ0n) is 20.2. The number of benzene rings is 3. The van der Waals surface area contributed by atoms with Gasteiger partial charge in [0.05, 0.1) is 18.5 Å². The summed E-state index contributed by atoms with van der Waals surface area (Å²) in [5.41, 5.74) is 5.60. The predicted molar refractivity (Wildman–Crippen MR) is 138 cm³/mol. The summed E-state index contributed by atoms with van der Waals surface area (Å²) in [5.74, 6) is 0.801. The van der Waals surface area contributed by atoms with Crippen LogP contribution in [0.5, 0.6) is 5.75 Å². The summed E-state index contributed by atoms with van der Waals surface area (Å²) in [6, 6.07) is 28.2. The number of hydrogen-bond acceptors (Lipinski definition) is 4. The zero-order valence-corrected chi connectivity index (χ0v) is 20.2. The molecule has 1 fully saturated rings. The predicted octanol–water partition coefficient (Wildman–Crippen LogP) is 4.81. The van der Waals surface area contributed by atoms with Crippen LogP contribution in [0, 0.1) is 6.92 Å². The highest BCUT2D eigenvalue weighted by atomic mass is 16.5. The number of piperazine rings is 1. The van der Waals surface area contributed by atoms with E-state index in [0.717, 1.165) is 47.9 Å². The Hall–Kier alpha value is -3.90. The molecule has 0 bridgehead atoms. The number of amides is 1. The second kappa shape index (κ2) is 10.2. The average Bonchev–Trinajstić information content (AvgIpc) is 3.35. The molecule has 0 unspecified atom stereocenters. The largest absolute Gasteiger partial charge is 0.497 e. The lowest BCUT2D eigenvalue weighted by Gasteiger charge is -2.34. The molecule has 1 amide bonds. The molecule has 6 nitrogen and oxygen atoms in total. The van der Waals surface area contributed by atoms with Crippen LogP contribution < -0.4 is 4.74 Å². The number of nitrogens with zero attached hydrogens (tertiary/aromatic N) is 4. The van der Waals surface area contributed by atoms with Gasteiger partial charge in [-0.15, -0.1) is 0 Å². The first-order valence-electron chi connectivity index (χ1n) is 12.0. The smallest absolute Gasteiger partial charge is 0.272 e. The highest BCUT2D eigenvalue weighted by Crippen LogP contribution is 2.25. The topological polar surface area (TPSA) is 50.6 Å². The van der Waals surface area contributed by atoms with Gasteiger partial charge in [-0.2, -0.15) is 5.10 Å². The number of rotatable bonds is 6. The first-order valence-corrected chi connectivity index (χ1v) is 12.0. The van der Waals surface area contributed by atoms with Gasteiger partial charge >= 0.3 is 0 Å². The van der Waals surface area contributed by atoms with Gasteiger partial charge in [0.2, 0.25) is 0 Å². The lowest BCUT2D eigenvalue weighted by Crippen LogP contribution is -2.48. The van der Waals surface area contributed by atoms with Crippen molar-refractivity contribution in [3.63, 3.8) is 0 Å². The lowest BCUT2D eigenvalue weighted by molar-refractivity contribution is 0.0619. The summed E-state index contributed by atoms with van der Waals surface area (Å²) in [5, 5.41) is 4.85. The summed E-state index contributed by atoms with van der Waals surface area (Å²) in [6.07, 6.45) is 0. The number of aryl methyl sites for hydroxylation is 1. The molecular formula is C29H30N4O2. The van der Waals surface area contributed by atoms with Crippen molar-refractivity contribution in [3.8, 4) is 22.7 Å². The third-order valence-corrected chi connectivity index (χ3v) is 6.47. The van der Waals surface area contributed by atoms with E-state index in [-0.39, 0.29) is 5.91 Å². The molecule has 1 aliphatic heterocycles. The van der Waals surface area contributed by atoms with Crippen LogP contribution in [0.3, 0.4) is 0 Å². The zero-order chi connectivity index (χ0) is 24.2. The van der Waals surface area contributed by atoms with Gasteiger partial charge in [0, 0.05) is 38.3 Å². The van der Waals surface area contributed by atoms with Crippen LogP contribution in [0.2, 0.25) is 0 Å². The lowest BCUT2D eigenvalue weighted by atomic mass is 10.1. The van der Waals surface area contributed by atoms with Crippen LogP contribution in [-0.2, 0) is 6.54 Å². The van der Waals surface area contributed by atoms with E-state index in [1.165, 1.54) is 5.56 Å². The second-order valence-electron chi connectivity index (χ2n) is 8.95. The molecule has 178 valence electrons. The third kappa shape index (κ3) is 5.12. The van der Waals surface area contributed by atoms with Crippen molar-refractivity contribution in [1.29, 1.82) is 0 Å². The maximum Gasteiger partial charge on any atom is 0.272 e. The Bertz CT molecular complexity index is 1290. The molecule has 1 saturated heterocycles. The Balaban J connectivity index is 1.39. The van der Waals surface area contributed by atoms with E-state index in [9.17, 15) is 4.79 Å². The number of hydrogen-bond donors (Lipinski definition) is 0. The van der Waals surface area contributed by atoms with Crippen molar-refractivity contribution in [2.45, 2.75) is 13.5 Å². The van der Waals surface area contributed by atoms with E-state index in [2.05, 4.69) is 35.2 Å². The van der Waals surface area contributed by atoms with Crippen molar-refractivity contribution in [3.05, 3.63) is 102 Å². The maximum atomic E-state index is 13.7. The van der Waals surface area contributed by atoms with Crippen molar-refractivity contribution < 1.29 is 9.53 Å². The van der Waals surface area contributed by atoms with Gasteiger partial charge < -0.3 is 9.64 Å². The van der Waals surface area contributed by atoms with Crippen molar-refractivity contribution in [2.24, 2.45) is 0 Å². The Morgan fingerprint density at radius 2 is 1.63 bits per heavy atom. The third-order valence-electron chi connectivity index (χ3n) is 6.47. The highest BCUT2D eigenvalue weighted by Gasteiger charge is 2.26. The van der Waals surface area contributed by atoms with E-state index in [1.54, 1.807) is 11.8 Å². The quantitative estimate of drug-likeness (QED) is 0.409. The number of carbonyl (C=O) groups excluding carboxylic acids is 1. The summed E-state index contributed by atoms with van der Waals surface area (Å²) in [6.45, 7) is 6.05. The Morgan fingerprint density at radius 1 is 0.886 bits per heavy atom. The van der Waals surface area contributed by atoms with Crippen LogP contribution in [0.1, 0.15) is 21.6 Å². The number of methoxy groups -OCH3 is 1. The minimum absolute atomic E-state index is 0.0122. The van der Waals surface area contributed by atoms with E-state index < -0.39 is 0 Å². The van der Waals surface area contributed by atoms with E-state index >= 15 is 0 Å². The second-order valence-corrected chi connectivity index (χ2v) is 8.95. The molecule has 4 aromatic rings. The van der Waals surface area contributed by atoms with Gasteiger partial charge in [-0.05, 0) is 60.5 Å². The van der Waals surface area contributed by atoms with Gasteiger partial charge in [0.15, 0.2) is 0 Å². The minimum Gasteiger partial charge on any atom is -0.497 e. The van der Waals surface area contributed by atoms with Crippen LogP contribution in [0.15, 0.2) is 84.9 Å². The van der Waals surface area contributed by atoms with Crippen LogP contribution in [-0.4, -0.2) is 58.8 Å². The SMILES string of the molecule is COc1ccc(-c2cc(C(=O)N3CCN(Cc4ccccc4)CC3)n(-c3cccc(C)c3)n2)cc1.